The Morgan fingerprint density at radius 2 is 0.735 bits per heavy atom. The van der Waals surface area contributed by atoms with Gasteiger partial charge >= 0.3 is 12.1 Å². The zero-order chi connectivity index (χ0) is 87.3. The first-order chi connectivity index (χ1) is 55.0. The van der Waals surface area contributed by atoms with Crippen molar-refractivity contribution in [2.75, 3.05) is 24.0 Å². The van der Waals surface area contributed by atoms with Gasteiger partial charge in [0, 0.05) is 49.3 Å². The average molecular weight is 1680 g/mol. The molecule has 5 amide bonds. The molecule has 7 aromatic rings. The molecular weight excluding hydrogens is 1560 g/mol. The second kappa shape index (κ2) is 40.3. The lowest BCUT2D eigenvalue weighted by atomic mass is 9.92. The quantitative estimate of drug-likeness (QED) is 0.0183. The molecule has 8 atom stereocenters. The highest BCUT2D eigenvalue weighted by Crippen LogP contribution is 2.52. The molecule has 23 nitrogen and oxygen atoms in total. The van der Waals surface area contributed by atoms with E-state index in [0.29, 0.717) is 62.4 Å². The zero-order valence-electron chi connectivity index (χ0n) is 71.4. The molecule has 4 saturated heterocycles. The van der Waals surface area contributed by atoms with Gasteiger partial charge in [0.2, 0.25) is 31.1 Å². The summed E-state index contributed by atoms with van der Waals surface area (Å²) in [7, 11) is -3.89. The fourth-order valence-corrected chi connectivity index (χ4v) is 33.3. The summed E-state index contributed by atoms with van der Waals surface area (Å²) in [6.07, 6.45) is 3.48. The van der Waals surface area contributed by atoms with Gasteiger partial charge in [0.15, 0.2) is 30.4 Å². The van der Waals surface area contributed by atoms with E-state index in [2.05, 4.69) is 155 Å². The molecule has 0 bridgehead atoms. The van der Waals surface area contributed by atoms with E-state index in [9.17, 15) is 55.5 Å². The molecule has 11 rings (SSSR count). The number of hydrogen-bond donors (Lipinski definition) is 1. The van der Waals surface area contributed by atoms with Gasteiger partial charge < -0.3 is 37.5 Å². The SMILES string of the molecule is CC(C)[Si](O[C@H]1C(=O)N(C(=O)OC(C)(C)C)[C@H]1c1ncccc1F)(C(C)C)C(C)C.CC(C)[Si](O[C@H]1C(=O)N[C@H]1c1ncccc1F)(C(C)C)C(C)C.COc1ccc(N2C(=O)C(OC(C)=O)C2c2ncccc2F)cc1.COc1ccc(N2C(=O)C(O[Si](C(C)C)(C(C)C)C(C)C)C2c2ncccc2F)cc1.O=Cc1ncccc1F. The summed E-state index contributed by atoms with van der Waals surface area (Å²) < 4.78 is 111. The van der Waals surface area contributed by atoms with Crippen LogP contribution >= 0.6 is 0 Å². The second-order valence-electron chi connectivity index (χ2n) is 32.9. The van der Waals surface area contributed by atoms with Crippen LogP contribution in [-0.4, -0.2) is 141 Å². The van der Waals surface area contributed by atoms with E-state index >= 15 is 0 Å². The van der Waals surface area contributed by atoms with Crippen LogP contribution in [0.4, 0.5) is 38.1 Å². The van der Waals surface area contributed by atoms with Crippen LogP contribution < -0.4 is 24.6 Å². The van der Waals surface area contributed by atoms with Gasteiger partial charge in [-0.3, -0.25) is 63.5 Å². The Kier molecular flexibility index (Phi) is 32.6. The average Bonchev–Trinajstić information content (AvgIpc) is 0.734. The number of ether oxygens (including phenoxy) is 4. The Balaban J connectivity index is 0.000000209. The zero-order valence-corrected chi connectivity index (χ0v) is 74.4. The lowest BCUT2D eigenvalue weighted by molar-refractivity contribution is -0.163. The van der Waals surface area contributed by atoms with E-state index in [1.54, 1.807) is 99.6 Å². The Bertz CT molecular complexity index is 4500. The molecule has 0 saturated carbocycles. The molecule has 0 radical (unpaired) electrons. The van der Waals surface area contributed by atoms with Crippen molar-refractivity contribution in [1.29, 1.82) is 0 Å². The number of amides is 5. The van der Waals surface area contributed by atoms with Crippen molar-refractivity contribution in [2.24, 2.45) is 0 Å². The number of likely N-dealkylation sites (tertiary alicyclic amines) is 1. The van der Waals surface area contributed by atoms with E-state index in [-0.39, 0.29) is 56.9 Å². The summed E-state index contributed by atoms with van der Waals surface area (Å²) in [4.78, 5) is 109. The van der Waals surface area contributed by atoms with Crippen LogP contribution in [0.15, 0.2) is 140 Å². The van der Waals surface area contributed by atoms with Crippen LogP contribution in [0.3, 0.4) is 0 Å². The largest absolute Gasteiger partial charge is 0.497 e. The number of nitrogens with one attached hydrogen (secondary N) is 1. The van der Waals surface area contributed by atoms with E-state index in [4.69, 9.17) is 32.2 Å². The highest BCUT2D eigenvalue weighted by Gasteiger charge is 2.62. The maximum atomic E-state index is 14.8. The lowest BCUT2D eigenvalue weighted by Crippen LogP contribution is -2.67. The molecule has 5 aromatic heterocycles. The molecule has 9 heterocycles. The number of imide groups is 1. The van der Waals surface area contributed by atoms with Crippen molar-refractivity contribution in [1.82, 2.24) is 35.1 Å². The van der Waals surface area contributed by atoms with E-state index < -0.39 is 132 Å². The molecule has 0 spiro atoms. The first-order valence-corrected chi connectivity index (χ1v) is 45.9. The number of esters is 1. The number of carbonyl (C=O) groups is 7. The van der Waals surface area contributed by atoms with Crippen molar-refractivity contribution >= 4 is 78.3 Å². The maximum Gasteiger partial charge on any atom is 0.417 e. The van der Waals surface area contributed by atoms with Crippen LogP contribution in [0.25, 0.3) is 0 Å². The number of nitrogens with zero attached hydrogens (tertiary/aromatic N) is 8. The number of benzene rings is 2. The number of aldehydes is 1. The standard InChI is InChI=1S/C24H33FN2O3Si.C22H35FN2O4Si.C17H15FN2O4.C17H27FN2O2Si.C6H4FNO/c1-15(2)31(16(3)4,17(5)6)30-23-22(21-20(25)9-8-14-26-21)27(24(23)28)18-10-12-19(29-7)13-11-18;1-13(2)30(14(3)4,15(5)6)29-19-18(17-16(23)11-10-12-24-17)25(20(19)26)21(27)28-22(7,8)9;1-10(21)24-16-15(14-13(18)4-3-9-19-14)20(17(16)22)11-5-7-12(23-2)8-6-11;1-10(2)23(11(3)4,12(5)6)22-16-15(20-17(16)21)14-13(18)8-7-9-19-14;7-5-2-1-3-8-6(5)4-9/h8-17,22-23H,1-7H3;10-15,18-19H,1-9H3;3-9,15-16H,1-2H3;7-12,15-16H,1-6H3,(H,20,21);1-4H/t;18-,19+;;15-,16+;/m.0.0./s1. The minimum Gasteiger partial charge on any atom is -0.497 e. The number of aromatic nitrogens is 5. The molecule has 1 N–H and O–H groups in total. The summed E-state index contributed by atoms with van der Waals surface area (Å²) in [6.45, 7) is 45.0. The highest BCUT2D eigenvalue weighted by atomic mass is 28.4. The van der Waals surface area contributed by atoms with Gasteiger partial charge in [-0.05, 0) is 180 Å². The topological polar surface area (TPSA) is 270 Å². The molecule has 4 aliphatic rings. The number of hydrogen-bond acceptors (Lipinski definition) is 19. The summed E-state index contributed by atoms with van der Waals surface area (Å²) in [6, 6.07) is 25.0. The predicted octanol–water partition coefficient (Wildman–Crippen LogP) is 18.7. The normalized spacial score (nSPS) is 19.3. The first kappa shape index (κ1) is 94.6. The monoisotopic (exact) mass is 1680 g/mol. The number of rotatable bonds is 25. The Labute approximate surface area is 687 Å². The third kappa shape index (κ3) is 20.6. The van der Waals surface area contributed by atoms with Gasteiger partial charge in [0.25, 0.3) is 23.6 Å². The minimum atomic E-state index is -2.46. The van der Waals surface area contributed by atoms with Crippen molar-refractivity contribution < 1.29 is 87.7 Å². The molecule has 0 aliphatic carbocycles. The summed E-state index contributed by atoms with van der Waals surface area (Å²) in [5.41, 5.74) is 3.58. The van der Waals surface area contributed by atoms with Gasteiger partial charge in [-0.25, -0.2) is 31.6 Å². The van der Waals surface area contributed by atoms with Gasteiger partial charge in [-0.15, -0.1) is 0 Å². The number of pyridine rings is 5. The summed E-state index contributed by atoms with van der Waals surface area (Å²) in [5, 5.41) is 2.75. The Hall–Kier alpha value is -9.54. The number of methoxy groups -OCH3 is 2. The Morgan fingerprint density at radius 1 is 0.427 bits per heavy atom. The molecule has 4 aliphatic heterocycles. The first-order valence-electron chi connectivity index (χ1n) is 39.5. The molecule has 117 heavy (non-hydrogen) atoms. The van der Waals surface area contributed by atoms with Crippen LogP contribution in [0, 0.1) is 29.1 Å². The van der Waals surface area contributed by atoms with Crippen LogP contribution in [0.5, 0.6) is 11.5 Å². The minimum absolute atomic E-state index is 0.0205. The van der Waals surface area contributed by atoms with E-state index in [0.717, 1.165) is 4.90 Å². The third-order valence-corrected chi connectivity index (χ3v) is 40.1. The number of halogens is 5. The molecule has 634 valence electrons. The van der Waals surface area contributed by atoms with Crippen LogP contribution in [-0.2, 0) is 46.7 Å². The second-order valence-corrected chi connectivity index (χ2v) is 49.1. The van der Waals surface area contributed by atoms with Crippen molar-refractivity contribution in [3.63, 3.8) is 0 Å². The molecule has 4 unspecified atom stereocenters. The van der Waals surface area contributed by atoms with E-state index in [1.807, 2.05) is 0 Å². The smallest absolute Gasteiger partial charge is 0.417 e. The molecule has 31 heteroatoms. The summed E-state index contributed by atoms with van der Waals surface area (Å²) in [5.74, 6) is -3.10. The Morgan fingerprint density at radius 3 is 1.03 bits per heavy atom. The highest BCUT2D eigenvalue weighted by molar-refractivity contribution is 6.79. The van der Waals surface area contributed by atoms with E-state index in [1.165, 1.54) is 92.3 Å². The van der Waals surface area contributed by atoms with Crippen LogP contribution in [0.1, 0.15) is 210 Å². The number of β-lactam (4-membered cyclic amide) rings is 4. The van der Waals surface area contributed by atoms with Gasteiger partial charge in [0.05, 0.1) is 14.2 Å². The summed E-state index contributed by atoms with van der Waals surface area (Å²) >= 11 is 0. The maximum absolute atomic E-state index is 14.8. The van der Waals surface area contributed by atoms with Crippen molar-refractivity contribution in [3.05, 3.63) is 198 Å². The third-order valence-electron chi connectivity index (χ3n) is 21.9. The van der Waals surface area contributed by atoms with Gasteiger partial charge in [0.1, 0.15) is 93.0 Å². The molecular formula is C86H114F5N9O14Si3. The predicted molar refractivity (Wildman–Crippen MR) is 443 cm³/mol. The van der Waals surface area contributed by atoms with Crippen molar-refractivity contribution in [2.45, 2.75) is 256 Å². The lowest BCUT2D eigenvalue weighted by Gasteiger charge is -2.52. The number of carbonyl (C=O) groups excluding carboxylic acids is 7. The van der Waals surface area contributed by atoms with Gasteiger partial charge in [-0.1, -0.05) is 125 Å². The fourth-order valence-electron chi connectivity index (χ4n) is 16.8. The molecule has 2 aromatic carbocycles. The fraction of sp³-hybridized carbons (Fsp3) is 0.488. The molecule has 4 fully saturated rings. The van der Waals surface area contributed by atoms with Gasteiger partial charge in [-0.2, -0.15) is 0 Å². The van der Waals surface area contributed by atoms with Crippen LogP contribution in [0.2, 0.25) is 49.9 Å². The van der Waals surface area contributed by atoms with Crippen molar-refractivity contribution in [3.8, 4) is 11.5 Å². The number of anilines is 2.